The lowest BCUT2D eigenvalue weighted by molar-refractivity contribution is 0.0720. The molecule has 0 bridgehead atoms. The maximum absolute atomic E-state index is 13.4. The molecule has 0 spiro atoms. The zero-order chi connectivity index (χ0) is 18.4. The topological polar surface area (TPSA) is 43.7 Å². The summed E-state index contributed by atoms with van der Waals surface area (Å²) < 4.78 is 13.3. The van der Waals surface area contributed by atoms with Gasteiger partial charge >= 0.3 is 0 Å². The number of aryl methyl sites for hydroxylation is 1. The number of carbonyl (C=O) groups is 1. The zero-order valence-corrected chi connectivity index (χ0v) is 15.4. The van der Waals surface area contributed by atoms with Gasteiger partial charge in [-0.05, 0) is 42.7 Å². The SMILES string of the molecule is Cn1c(C(=O)N(Cc2ccc3c(c2)OCCO3)C2CC2)cc2ccccc21. The Bertz CT molecular complexity index is 1020. The lowest BCUT2D eigenvalue weighted by Crippen LogP contribution is -2.33. The molecule has 3 aromatic rings. The number of nitrogens with zero attached hydrogens (tertiary/aromatic N) is 2. The summed E-state index contributed by atoms with van der Waals surface area (Å²) in [6.45, 7) is 1.74. The maximum atomic E-state index is 13.4. The lowest BCUT2D eigenvalue weighted by atomic mass is 10.1. The minimum atomic E-state index is 0.0890. The number of benzene rings is 2. The first-order chi connectivity index (χ1) is 13.2. The van der Waals surface area contributed by atoms with Gasteiger partial charge in [0.2, 0.25) is 0 Å². The summed E-state index contributed by atoms with van der Waals surface area (Å²) in [6, 6.07) is 16.4. The van der Waals surface area contributed by atoms with E-state index in [1.807, 2.05) is 65.0 Å². The first-order valence-corrected chi connectivity index (χ1v) is 9.44. The van der Waals surface area contributed by atoms with Gasteiger partial charge in [0, 0.05) is 30.5 Å². The van der Waals surface area contributed by atoms with Crippen LogP contribution in [0.5, 0.6) is 11.5 Å². The van der Waals surface area contributed by atoms with Crippen molar-refractivity contribution in [1.82, 2.24) is 9.47 Å². The van der Waals surface area contributed by atoms with Crippen LogP contribution in [0.15, 0.2) is 48.5 Å². The zero-order valence-electron chi connectivity index (χ0n) is 15.4. The van der Waals surface area contributed by atoms with Gasteiger partial charge in [0.15, 0.2) is 11.5 Å². The molecule has 5 heteroatoms. The van der Waals surface area contributed by atoms with E-state index in [4.69, 9.17) is 9.47 Å². The van der Waals surface area contributed by atoms with Crippen LogP contribution >= 0.6 is 0 Å². The highest BCUT2D eigenvalue weighted by atomic mass is 16.6. The summed E-state index contributed by atoms with van der Waals surface area (Å²) in [4.78, 5) is 15.4. The molecule has 5 nitrogen and oxygen atoms in total. The van der Waals surface area contributed by atoms with Gasteiger partial charge in [0.25, 0.3) is 5.91 Å². The molecule has 2 aromatic carbocycles. The lowest BCUT2D eigenvalue weighted by Gasteiger charge is -2.24. The molecule has 2 aliphatic rings. The maximum Gasteiger partial charge on any atom is 0.271 e. The number of rotatable bonds is 4. The van der Waals surface area contributed by atoms with Crippen LogP contribution in [0.4, 0.5) is 0 Å². The van der Waals surface area contributed by atoms with Crippen molar-refractivity contribution in [3.05, 3.63) is 59.8 Å². The van der Waals surface area contributed by atoms with Crippen molar-refractivity contribution in [2.45, 2.75) is 25.4 Å². The molecule has 0 N–H and O–H groups in total. The molecule has 1 aliphatic heterocycles. The second kappa shape index (κ2) is 6.34. The summed E-state index contributed by atoms with van der Waals surface area (Å²) in [6.07, 6.45) is 2.14. The number of para-hydroxylation sites is 1. The Balaban J connectivity index is 1.45. The summed E-state index contributed by atoms with van der Waals surface area (Å²) in [5.74, 6) is 1.64. The van der Waals surface area contributed by atoms with Gasteiger partial charge in [-0.1, -0.05) is 24.3 Å². The van der Waals surface area contributed by atoms with E-state index in [1.165, 1.54) is 0 Å². The molecule has 1 aliphatic carbocycles. The second-order valence-electron chi connectivity index (χ2n) is 7.29. The van der Waals surface area contributed by atoms with E-state index in [0.29, 0.717) is 25.8 Å². The van der Waals surface area contributed by atoms with Gasteiger partial charge < -0.3 is 18.9 Å². The highest BCUT2D eigenvalue weighted by molar-refractivity contribution is 5.99. The van der Waals surface area contributed by atoms with Gasteiger partial charge in [0.1, 0.15) is 18.9 Å². The van der Waals surface area contributed by atoms with Gasteiger partial charge in [0.05, 0.1) is 0 Å². The predicted octanol–water partition coefficient (Wildman–Crippen LogP) is 3.75. The van der Waals surface area contributed by atoms with Crippen LogP contribution in [0.3, 0.4) is 0 Å². The van der Waals surface area contributed by atoms with Gasteiger partial charge in [-0.25, -0.2) is 0 Å². The van der Waals surface area contributed by atoms with E-state index >= 15 is 0 Å². The second-order valence-corrected chi connectivity index (χ2v) is 7.29. The van der Waals surface area contributed by atoms with Crippen LogP contribution in [-0.2, 0) is 13.6 Å². The van der Waals surface area contributed by atoms with Crippen molar-refractivity contribution in [2.24, 2.45) is 7.05 Å². The fraction of sp³-hybridized carbons (Fsp3) is 0.318. The van der Waals surface area contributed by atoms with Crippen LogP contribution in [0.25, 0.3) is 10.9 Å². The van der Waals surface area contributed by atoms with Crippen LogP contribution in [0, 0.1) is 0 Å². The van der Waals surface area contributed by atoms with Crippen molar-refractivity contribution in [1.29, 1.82) is 0 Å². The van der Waals surface area contributed by atoms with Gasteiger partial charge in [-0.2, -0.15) is 0 Å². The molecule has 27 heavy (non-hydrogen) atoms. The molecular weight excluding hydrogens is 340 g/mol. The number of hydrogen-bond acceptors (Lipinski definition) is 3. The summed E-state index contributed by atoms with van der Waals surface area (Å²) in [5, 5.41) is 1.10. The molecule has 0 saturated heterocycles. The fourth-order valence-electron chi connectivity index (χ4n) is 3.78. The Kier molecular flexibility index (Phi) is 3.81. The summed E-state index contributed by atoms with van der Waals surface area (Å²) in [5.41, 5.74) is 2.88. The molecule has 0 radical (unpaired) electrons. The van der Waals surface area contributed by atoms with E-state index in [1.54, 1.807) is 0 Å². The van der Waals surface area contributed by atoms with Gasteiger partial charge in [-0.15, -0.1) is 0 Å². The van der Waals surface area contributed by atoms with E-state index < -0.39 is 0 Å². The van der Waals surface area contributed by atoms with Crippen molar-refractivity contribution >= 4 is 16.8 Å². The highest BCUT2D eigenvalue weighted by Crippen LogP contribution is 2.34. The van der Waals surface area contributed by atoms with Crippen molar-refractivity contribution in [2.75, 3.05) is 13.2 Å². The average molecular weight is 362 g/mol. The highest BCUT2D eigenvalue weighted by Gasteiger charge is 2.34. The van der Waals surface area contributed by atoms with Crippen molar-refractivity contribution in [3.63, 3.8) is 0 Å². The van der Waals surface area contributed by atoms with Crippen LogP contribution in [-0.4, -0.2) is 34.6 Å². The van der Waals surface area contributed by atoms with Crippen LogP contribution in [0.1, 0.15) is 28.9 Å². The molecule has 1 fully saturated rings. The fourth-order valence-corrected chi connectivity index (χ4v) is 3.78. The summed E-state index contributed by atoms with van der Waals surface area (Å²) >= 11 is 0. The number of ether oxygens (including phenoxy) is 2. The summed E-state index contributed by atoms with van der Waals surface area (Å²) in [7, 11) is 1.96. The minimum Gasteiger partial charge on any atom is -0.486 e. The third-order valence-corrected chi connectivity index (χ3v) is 5.38. The molecule has 1 aromatic heterocycles. The average Bonchev–Trinajstić information content (AvgIpc) is 3.49. The monoisotopic (exact) mass is 362 g/mol. The first kappa shape index (κ1) is 16.2. The predicted molar refractivity (Wildman–Crippen MR) is 103 cm³/mol. The Morgan fingerprint density at radius 1 is 1.07 bits per heavy atom. The van der Waals surface area contributed by atoms with Crippen molar-refractivity contribution in [3.8, 4) is 11.5 Å². The molecule has 138 valence electrons. The Hall–Kier alpha value is -2.95. The largest absolute Gasteiger partial charge is 0.486 e. The first-order valence-electron chi connectivity index (χ1n) is 9.44. The molecule has 1 saturated carbocycles. The minimum absolute atomic E-state index is 0.0890. The molecular formula is C22H22N2O3. The van der Waals surface area contributed by atoms with E-state index in [-0.39, 0.29) is 5.91 Å². The number of aromatic nitrogens is 1. The van der Waals surface area contributed by atoms with Gasteiger partial charge in [-0.3, -0.25) is 4.79 Å². The third-order valence-electron chi connectivity index (χ3n) is 5.38. The van der Waals surface area contributed by atoms with E-state index in [0.717, 1.165) is 46.5 Å². The Morgan fingerprint density at radius 2 is 1.85 bits per heavy atom. The molecule has 5 rings (SSSR count). The Labute approximate surface area is 158 Å². The molecule has 1 amide bonds. The molecule has 0 unspecified atom stereocenters. The number of amides is 1. The Morgan fingerprint density at radius 3 is 2.63 bits per heavy atom. The van der Waals surface area contributed by atoms with Crippen LogP contribution in [0.2, 0.25) is 0 Å². The van der Waals surface area contributed by atoms with E-state index in [2.05, 4.69) is 0 Å². The molecule has 2 heterocycles. The van der Waals surface area contributed by atoms with Crippen LogP contribution < -0.4 is 9.47 Å². The quantitative estimate of drug-likeness (QED) is 0.710. The molecule has 0 atom stereocenters. The third kappa shape index (κ3) is 2.93. The smallest absolute Gasteiger partial charge is 0.271 e. The van der Waals surface area contributed by atoms with Crippen molar-refractivity contribution < 1.29 is 14.3 Å². The number of hydrogen-bond donors (Lipinski definition) is 0. The standard InChI is InChI=1S/C22H22N2O3/c1-23-18-5-3-2-4-16(18)13-19(23)22(25)24(17-7-8-17)14-15-6-9-20-21(12-15)27-11-10-26-20/h2-6,9,12-13,17H,7-8,10-11,14H2,1H3. The van der Waals surface area contributed by atoms with E-state index in [9.17, 15) is 4.79 Å². The number of fused-ring (bicyclic) bond motifs is 2. The number of carbonyl (C=O) groups excluding carboxylic acids is 1. The normalized spacial score (nSPS) is 15.7.